The van der Waals surface area contributed by atoms with Gasteiger partial charge in [-0.15, -0.1) is 0 Å². The number of nitrogen functional groups attached to an aromatic ring is 1. The number of carboxylic acid groups (broad SMARTS) is 1. The van der Waals surface area contributed by atoms with Gasteiger partial charge in [-0.3, -0.25) is 0 Å². The molecule has 0 radical (unpaired) electrons. The maximum atomic E-state index is 11.3. The summed E-state index contributed by atoms with van der Waals surface area (Å²) in [6.45, 7) is 0.693. The van der Waals surface area contributed by atoms with Crippen LogP contribution in [0.2, 0.25) is 0 Å². The molecule has 0 bridgehead atoms. The molecule has 4 N–H and O–H groups in total. The molecule has 0 unspecified atom stereocenters. The topological polar surface area (TPSA) is 99.7 Å². The number of nitrogens with zero attached hydrogens (tertiary/aromatic N) is 2. The highest BCUT2D eigenvalue weighted by Gasteiger charge is 2.28. The van der Waals surface area contributed by atoms with E-state index in [2.05, 4.69) is 4.98 Å². The minimum atomic E-state index is -1.02. The van der Waals surface area contributed by atoms with Crippen molar-refractivity contribution >= 4 is 17.5 Å². The molecule has 19 heavy (non-hydrogen) atoms. The largest absolute Gasteiger partial charge is 0.478 e. The molecule has 0 saturated heterocycles. The minimum Gasteiger partial charge on any atom is -0.478 e. The monoisotopic (exact) mass is 265 g/mol. The summed E-state index contributed by atoms with van der Waals surface area (Å²) in [6.07, 6.45) is 5.30. The van der Waals surface area contributed by atoms with Crippen molar-refractivity contribution in [3.63, 3.8) is 0 Å². The van der Waals surface area contributed by atoms with Crippen LogP contribution >= 0.6 is 0 Å². The lowest BCUT2D eigenvalue weighted by Gasteiger charge is -2.39. The van der Waals surface area contributed by atoms with Crippen LogP contribution in [0.1, 0.15) is 36.0 Å². The molecular weight excluding hydrogens is 246 g/mol. The summed E-state index contributed by atoms with van der Waals surface area (Å²) < 4.78 is 0. The molecule has 1 heterocycles. The summed E-state index contributed by atoms with van der Waals surface area (Å²) >= 11 is 0. The third kappa shape index (κ3) is 2.96. The van der Waals surface area contributed by atoms with Crippen LogP contribution in [0.3, 0.4) is 0 Å². The van der Waals surface area contributed by atoms with E-state index in [4.69, 9.17) is 10.8 Å². The van der Waals surface area contributed by atoms with E-state index in [1.54, 1.807) is 0 Å². The average Bonchev–Trinajstić information content (AvgIpc) is 2.32. The molecule has 0 amide bonds. The van der Waals surface area contributed by atoms with Crippen molar-refractivity contribution in [2.45, 2.75) is 31.7 Å². The van der Waals surface area contributed by atoms with Crippen LogP contribution in [-0.2, 0) is 0 Å². The lowest BCUT2D eigenvalue weighted by atomic mass is 9.91. The fraction of sp³-hybridized carbons (Fsp3) is 0.538. The summed E-state index contributed by atoms with van der Waals surface area (Å²) in [5, 5.41) is 18.2. The molecule has 6 nitrogen and oxygen atoms in total. The molecule has 104 valence electrons. The Morgan fingerprint density at radius 3 is 2.79 bits per heavy atom. The van der Waals surface area contributed by atoms with Gasteiger partial charge in [0.25, 0.3) is 0 Å². The van der Waals surface area contributed by atoms with Gasteiger partial charge in [-0.2, -0.15) is 0 Å². The second-order valence-corrected chi connectivity index (χ2v) is 4.80. The van der Waals surface area contributed by atoms with E-state index in [1.165, 1.54) is 12.3 Å². The van der Waals surface area contributed by atoms with Crippen LogP contribution < -0.4 is 10.6 Å². The van der Waals surface area contributed by atoms with E-state index in [0.29, 0.717) is 30.5 Å². The molecule has 1 aliphatic rings. The predicted molar refractivity (Wildman–Crippen MR) is 72.3 cm³/mol. The summed E-state index contributed by atoms with van der Waals surface area (Å²) in [5.41, 5.74) is 6.08. The number of pyridine rings is 1. The Kier molecular flexibility index (Phi) is 4.21. The fourth-order valence-electron chi connectivity index (χ4n) is 2.26. The highest BCUT2D eigenvalue weighted by Crippen LogP contribution is 2.31. The van der Waals surface area contributed by atoms with Crippen LogP contribution in [0.15, 0.2) is 12.3 Å². The smallest absolute Gasteiger partial charge is 0.339 e. The number of aliphatic hydroxyl groups excluding tert-OH is 1. The summed E-state index contributed by atoms with van der Waals surface area (Å²) in [6, 6.07) is 1.76. The van der Waals surface area contributed by atoms with Gasteiger partial charge >= 0.3 is 5.97 Å². The maximum Gasteiger partial charge on any atom is 0.339 e. The first-order valence-corrected chi connectivity index (χ1v) is 6.49. The van der Waals surface area contributed by atoms with Gasteiger partial charge in [0.05, 0.1) is 11.9 Å². The molecule has 1 saturated carbocycles. The van der Waals surface area contributed by atoms with Crippen molar-refractivity contribution in [3.05, 3.63) is 17.8 Å². The molecule has 1 aliphatic carbocycles. The number of hydrogen-bond acceptors (Lipinski definition) is 5. The third-order valence-electron chi connectivity index (χ3n) is 3.46. The zero-order valence-electron chi connectivity index (χ0n) is 10.7. The molecule has 0 spiro atoms. The minimum absolute atomic E-state index is 0.0839. The number of hydrogen-bond donors (Lipinski definition) is 3. The van der Waals surface area contributed by atoms with Crippen LogP contribution in [0, 0.1) is 0 Å². The number of anilines is 2. The van der Waals surface area contributed by atoms with Gasteiger partial charge in [0, 0.05) is 19.2 Å². The zero-order chi connectivity index (χ0) is 13.8. The number of rotatable bonds is 6. The molecule has 0 aromatic carbocycles. The van der Waals surface area contributed by atoms with E-state index >= 15 is 0 Å². The predicted octanol–water partition coefficient (Wildman–Crippen LogP) is 1.10. The Bertz CT molecular complexity index is 460. The van der Waals surface area contributed by atoms with Gasteiger partial charge in [-0.05, 0) is 31.7 Å². The van der Waals surface area contributed by atoms with Crippen LogP contribution in [0.25, 0.3) is 0 Å². The van der Waals surface area contributed by atoms with Crippen molar-refractivity contribution in [1.29, 1.82) is 0 Å². The Hall–Kier alpha value is -1.82. The second kappa shape index (κ2) is 5.88. The Morgan fingerprint density at radius 2 is 2.26 bits per heavy atom. The van der Waals surface area contributed by atoms with E-state index < -0.39 is 5.97 Å². The lowest BCUT2D eigenvalue weighted by Crippen LogP contribution is -2.42. The van der Waals surface area contributed by atoms with E-state index in [-0.39, 0.29) is 12.2 Å². The third-order valence-corrected chi connectivity index (χ3v) is 3.46. The van der Waals surface area contributed by atoms with Crippen LogP contribution in [0.5, 0.6) is 0 Å². The molecule has 1 fully saturated rings. The van der Waals surface area contributed by atoms with Crippen molar-refractivity contribution in [2.75, 3.05) is 23.8 Å². The SMILES string of the molecule is Nc1cnc(N(CCCO)C2CCC2)c(C(=O)O)c1. The second-order valence-electron chi connectivity index (χ2n) is 4.80. The highest BCUT2D eigenvalue weighted by atomic mass is 16.4. The standard InChI is InChI=1S/C13H19N3O3/c14-9-7-11(13(18)19)12(15-8-9)16(5-2-6-17)10-3-1-4-10/h7-8,10,17H,1-6,14H2,(H,18,19). The number of nitrogens with two attached hydrogens (primary N) is 1. The van der Waals surface area contributed by atoms with Gasteiger partial charge in [0.15, 0.2) is 0 Å². The first-order chi connectivity index (χ1) is 9.13. The average molecular weight is 265 g/mol. The quantitative estimate of drug-likeness (QED) is 0.712. The number of aliphatic hydroxyl groups is 1. The molecule has 2 rings (SSSR count). The first kappa shape index (κ1) is 13.6. The van der Waals surface area contributed by atoms with Gasteiger partial charge in [0.1, 0.15) is 11.4 Å². The highest BCUT2D eigenvalue weighted by molar-refractivity contribution is 5.94. The van der Waals surface area contributed by atoms with Crippen molar-refractivity contribution in [2.24, 2.45) is 0 Å². The van der Waals surface area contributed by atoms with Crippen LogP contribution in [-0.4, -0.2) is 40.4 Å². The van der Waals surface area contributed by atoms with Crippen molar-refractivity contribution < 1.29 is 15.0 Å². The van der Waals surface area contributed by atoms with E-state index in [1.807, 2.05) is 4.90 Å². The lowest BCUT2D eigenvalue weighted by molar-refractivity contribution is 0.0697. The molecule has 1 aromatic heterocycles. The van der Waals surface area contributed by atoms with Crippen molar-refractivity contribution in [3.8, 4) is 0 Å². The summed E-state index contributed by atoms with van der Waals surface area (Å²) in [7, 11) is 0. The van der Waals surface area contributed by atoms with Gasteiger partial charge < -0.3 is 20.8 Å². The normalized spacial score (nSPS) is 15.0. The summed E-state index contributed by atoms with van der Waals surface area (Å²) in [5.74, 6) is -0.567. The van der Waals surface area contributed by atoms with Crippen molar-refractivity contribution in [1.82, 2.24) is 4.98 Å². The number of aromatic nitrogens is 1. The Balaban J connectivity index is 2.31. The summed E-state index contributed by atoms with van der Waals surface area (Å²) in [4.78, 5) is 17.5. The number of carbonyl (C=O) groups is 1. The zero-order valence-corrected chi connectivity index (χ0v) is 10.7. The molecular formula is C13H19N3O3. The Labute approximate surface area is 111 Å². The van der Waals surface area contributed by atoms with E-state index in [0.717, 1.165) is 19.3 Å². The first-order valence-electron chi connectivity index (χ1n) is 6.49. The number of carboxylic acids is 1. The van der Waals surface area contributed by atoms with Gasteiger partial charge in [0.2, 0.25) is 0 Å². The van der Waals surface area contributed by atoms with Crippen LogP contribution in [0.4, 0.5) is 11.5 Å². The fourth-order valence-corrected chi connectivity index (χ4v) is 2.26. The molecule has 6 heteroatoms. The maximum absolute atomic E-state index is 11.3. The molecule has 0 aliphatic heterocycles. The van der Waals surface area contributed by atoms with E-state index in [9.17, 15) is 9.90 Å². The molecule has 1 aromatic rings. The van der Waals surface area contributed by atoms with Gasteiger partial charge in [-0.1, -0.05) is 0 Å². The Morgan fingerprint density at radius 1 is 1.53 bits per heavy atom. The van der Waals surface area contributed by atoms with Gasteiger partial charge in [-0.25, -0.2) is 9.78 Å². The molecule has 0 atom stereocenters. The number of aromatic carboxylic acids is 1.